The summed E-state index contributed by atoms with van der Waals surface area (Å²) < 4.78 is 5.53. The molecule has 0 bridgehead atoms. The fraction of sp³-hybridized carbons (Fsp3) is 0. The second kappa shape index (κ2) is 3.75. The van der Waals surface area contributed by atoms with Gasteiger partial charge in [0.1, 0.15) is 5.52 Å². The third kappa shape index (κ3) is 1.83. The molecule has 0 aliphatic heterocycles. The van der Waals surface area contributed by atoms with Crippen molar-refractivity contribution in [3.63, 3.8) is 0 Å². The molecule has 0 aliphatic carbocycles. The highest BCUT2D eigenvalue weighted by Crippen LogP contribution is 2.24. The van der Waals surface area contributed by atoms with Gasteiger partial charge in [0, 0.05) is 10.6 Å². The first kappa shape index (κ1) is 10.1. The van der Waals surface area contributed by atoms with E-state index >= 15 is 0 Å². The highest BCUT2D eigenvalue weighted by molar-refractivity contribution is 6.30. The van der Waals surface area contributed by atoms with E-state index in [9.17, 15) is 0 Å². The molecule has 5 heteroatoms. The third-order valence-electron chi connectivity index (χ3n) is 2.36. The van der Waals surface area contributed by atoms with Gasteiger partial charge in [0.2, 0.25) is 11.6 Å². The summed E-state index contributed by atoms with van der Waals surface area (Å²) in [6.07, 6.45) is 1.54. The normalized spacial score (nSPS) is 10.9. The maximum atomic E-state index is 5.82. The minimum absolute atomic E-state index is 0.476. The molecule has 3 aromatic rings. The number of halogens is 1. The van der Waals surface area contributed by atoms with Crippen LogP contribution in [0.4, 0.5) is 5.69 Å². The van der Waals surface area contributed by atoms with Crippen LogP contribution in [0, 0.1) is 0 Å². The van der Waals surface area contributed by atoms with Gasteiger partial charge in [0.25, 0.3) is 0 Å². The number of nitrogen functional groups attached to an aromatic ring is 1. The maximum Gasteiger partial charge on any atom is 0.247 e. The van der Waals surface area contributed by atoms with Gasteiger partial charge in [0.05, 0.1) is 11.9 Å². The number of benzene rings is 1. The van der Waals surface area contributed by atoms with Crippen LogP contribution in [-0.2, 0) is 0 Å². The van der Waals surface area contributed by atoms with Crippen molar-refractivity contribution in [2.24, 2.45) is 0 Å². The number of hydrogen-bond donors (Lipinski definition) is 1. The predicted octanol–water partition coefficient (Wildman–Crippen LogP) is 3.13. The Morgan fingerprint density at radius 1 is 1.18 bits per heavy atom. The Balaban J connectivity index is 2.14. The van der Waals surface area contributed by atoms with Gasteiger partial charge in [-0.05, 0) is 30.3 Å². The number of oxazole rings is 1. The molecule has 3 rings (SSSR count). The number of aromatic nitrogens is 2. The molecule has 0 fully saturated rings. The Bertz CT molecular complexity index is 676. The molecule has 84 valence electrons. The largest absolute Gasteiger partial charge is 0.418 e. The summed E-state index contributed by atoms with van der Waals surface area (Å²) in [6, 6.07) is 8.99. The van der Waals surface area contributed by atoms with Crippen molar-refractivity contribution in [3.05, 3.63) is 41.6 Å². The standard InChI is InChI=1S/C12H8ClN3O/c13-8-3-1-7(2-4-8)11-16-10-5-9(14)6-15-12(10)17-11/h1-6H,14H2. The third-order valence-corrected chi connectivity index (χ3v) is 2.61. The van der Waals surface area contributed by atoms with Crippen molar-refractivity contribution in [2.75, 3.05) is 5.73 Å². The van der Waals surface area contributed by atoms with Gasteiger partial charge < -0.3 is 10.2 Å². The number of nitrogens with two attached hydrogens (primary N) is 1. The second-order valence-electron chi connectivity index (χ2n) is 3.62. The lowest BCUT2D eigenvalue weighted by atomic mass is 10.2. The zero-order chi connectivity index (χ0) is 11.8. The van der Waals surface area contributed by atoms with E-state index in [1.165, 1.54) is 0 Å². The molecule has 0 atom stereocenters. The summed E-state index contributed by atoms with van der Waals surface area (Å²) in [5.41, 5.74) is 8.17. The minimum Gasteiger partial charge on any atom is -0.418 e. The van der Waals surface area contributed by atoms with Gasteiger partial charge in [-0.15, -0.1) is 0 Å². The Morgan fingerprint density at radius 3 is 2.71 bits per heavy atom. The zero-order valence-corrected chi connectivity index (χ0v) is 9.48. The molecule has 0 spiro atoms. The molecule has 2 heterocycles. The summed E-state index contributed by atoms with van der Waals surface area (Å²) in [6.45, 7) is 0. The van der Waals surface area contributed by atoms with E-state index in [4.69, 9.17) is 21.8 Å². The number of anilines is 1. The lowest BCUT2D eigenvalue weighted by Gasteiger charge is -1.93. The SMILES string of the molecule is Nc1cnc2oc(-c3ccc(Cl)cc3)nc2c1. The summed E-state index contributed by atoms with van der Waals surface area (Å²) in [5.74, 6) is 0.509. The molecule has 0 amide bonds. The van der Waals surface area contributed by atoms with E-state index < -0.39 is 0 Å². The van der Waals surface area contributed by atoms with Gasteiger partial charge in [-0.3, -0.25) is 0 Å². The Kier molecular flexibility index (Phi) is 2.23. The quantitative estimate of drug-likeness (QED) is 0.715. The molecule has 2 N–H and O–H groups in total. The molecule has 0 unspecified atom stereocenters. The van der Waals surface area contributed by atoms with Gasteiger partial charge >= 0.3 is 0 Å². The van der Waals surface area contributed by atoms with Crippen LogP contribution < -0.4 is 5.73 Å². The molecular weight excluding hydrogens is 238 g/mol. The van der Waals surface area contributed by atoms with Crippen molar-refractivity contribution in [1.29, 1.82) is 0 Å². The number of nitrogens with zero attached hydrogens (tertiary/aromatic N) is 2. The molecule has 0 saturated heterocycles. The first-order valence-corrected chi connectivity index (χ1v) is 5.38. The van der Waals surface area contributed by atoms with Crippen LogP contribution in [0.5, 0.6) is 0 Å². The summed E-state index contributed by atoms with van der Waals surface area (Å²) in [4.78, 5) is 8.39. The van der Waals surface area contributed by atoms with Crippen LogP contribution in [0.1, 0.15) is 0 Å². The molecule has 4 nitrogen and oxygen atoms in total. The molecule has 17 heavy (non-hydrogen) atoms. The van der Waals surface area contributed by atoms with Crippen LogP contribution in [-0.4, -0.2) is 9.97 Å². The van der Waals surface area contributed by atoms with Crippen LogP contribution in [0.2, 0.25) is 5.02 Å². The molecule has 2 aromatic heterocycles. The minimum atomic E-state index is 0.476. The molecule has 0 radical (unpaired) electrons. The summed E-state index contributed by atoms with van der Waals surface area (Å²) in [7, 11) is 0. The Labute approximate surface area is 102 Å². The van der Waals surface area contributed by atoms with Crippen LogP contribution in [0.15, 0.2) is 40.9 Å². The Morgan fingerprint density at radius 2 is 1.94 bits per heavy atom. The maximum absolute atomic E-state index is 5.82. The highest BCUT2D eigenvalue weighted by atomic mass is 35.5. The lowest BCUT2D eigenvalue weighted by molar-refractivity contribution is 0.608. The molecular formula is C12H8ClN3O. The van der Waals surface area contributed by atoms with Gasteiger partial charge in [-0.25, -0.2) is 9.97 Å². The number of rotatable bonds is 1. The number of fused-ring (bicyclic) bond motifs is 1. The summed E-state index contributed by atoms with van der Waals surface area (Å²) >= 11 is 5.82. The van der Waals surface area contributed by atoms with E-state index in [-0.39, 0.29) is 0 Å². The number of pyridine rings is 1. The van der Waals surface area contributed by atoms with Crippen molar-refractivity contribution >= 4 is 28.5 Å². The van der Waals surface area contributed by atoms with Gasteiger partial charge in [-0.2, -0.15) is 0 Å². The topological polar surface area (TPSA) is 64.9 Å². The van der Waals surface area contributed by atoms with Crippen LogP contribution in [0.3, 0.4) is 0 Å². The molecule has 0 saturated carbocycles. The van der Waals surface area contributed by atoms with Crippen molar-refractivity contribution < 1.29 is 4.42 Å². The number of hydrogen-bond acceptors (Lipinski definition) is 4. The van der Waals surface area contributed by atoms with Gasteiger partial charge in [-0.1, -0.05) is 11.6 Å². The highest BCUT2D eigenvalue weighted by Gasteiger charge is 2.08. The fourth-order valence-electron chi connectivity index (χ4n) is 1.55. The average molecular weight is 246 g/mol. The van der Waals surface area contributed by atoms with E-state index in [2.05, 4.69) is 9.97 Å². The van der Waals surface area contributed by atoms with E-state index in [1.54, 1.807) is 24.4 Å². The van der Waals surface area contributed by atoms with Crippen molar-refractivity contribution in [1.82, 2.24) is 9.97 Å². The Hall–Kier alpha value is -2.07. The molecule has 1 aromatic carbocycles. The first-order valence-electron chi connectivity index (χ1n) is 5.00. The zero-order valence-electron chi connectivity index (χ0n) is 8.72. The van der Waals surface area contributed by atoms with Crippen molar-refractivity contribution in [3.8, 4) is 11.5 Å². The monoisotopic (exact) mass is 245 g/mol. The van der Waals surface area contributed by atoms with E-state index in [1.807, 2.05) is 12.1 Å². The predicted molar refractivity (Wildman–Crippen MR) is 66.7 cm³/mol. The lowest BCUT2D eigenvalue weighted by Crippen LogP contribution is -1.85. The fourth-order valence-corrected chi connectivity index (χ4v) is 1.68. The van der Waals surface area contributed by atoms with Gasteiger partial charge in [0.15, 0.2) is 0 Å². The smallest absolute Gasteiger partial charge is 0.247 e. The van der Waals surface area contributed by atoms with E-state index in [0.717, 1.165) is 5.56 Å². The molecule has 0 aliphatic rings. The van der Waals surface area contributed by atoms with Crippen LogP contribution in [0.25, 0.3) is 22.7 Å². The summed E-state index contributed by atoms with van der Waals surface area (Å²) in [5, 5.41) is 0.673. The first-order chi connectivity index (χ1) is 8.22. The second-order valence-corrected chi connectivity index (χ2v) is 4.06. The van der Waals surface area contributed by atoms with Crippen LogP contribution >= 0.6 is 11.6 Å². The van der Waals surface area contributed by atoms with Crippen molar-refractivity contribution in [2.45, 2.75) is 0 Å². The average Bonchev–Trinajstić information content (AvgIpc) is 2.72. The van der Waals surface area contributed by atoms with E-state index in [0.29, 0.717) is 27.8 Å².